The number of hydrogen-bond acceptors (Lipinski definition) is 8. The van der Waals surface area contributed by atoms with Gasteiger partial charge in [0.25, 0.3) is 0 Å². The van der Waals surface area contributed by atoms with Gasteiger partial charge in [-0.15, -0.1) is 0 Å². The lowest BCUT2D eigenvalue weighted by atomic mass is 9.96. The molecule has 0 saturated heterocycles. The Balaban J connectivity index is 1.68. The van der Waals surface area contributed by atoms with Crippen molar-refractivity contribution >= 4 is 30.7 Å². The second-order valence-corrected chi connectivity index (χ2v) is 12.7. The minimum Gasteiger partial charge on any atom is -0.434 e. The summed E-state index contributed by atoms with van der Waals surface area (Å²) in [4.78, 5) is 22.4. The van der Waals surface area contributed by atoms with Crippen molar-refractivity contribution in [2.75, 3.05) is 19.4 Å². The highest BCUT2D eigenvalue weighted by atomic mass is 31.1. The number of aldehydes is 1. The fourth-order valence-corrected chi connectivity index (χ4v) is 7.18. The topological polar surface area (TPSA) is 121 Å². The molecular formula is C29H31F2N4O5P. The highest BCUT2D eigenvalue weighted by Crippen LogP contribution is 2.48. The molecule has 3 N–H and O–H groups in total. The molecule has 12 heteroatoms. The van der Waals surface area contributed by atoms with Crippen LogP contribution < -0.4 is 10.2 Å². The first-order valence-electron chi connectivity index (χ1n) is 13.2. The summed E-state index contributed by atoms with van der Waals surface area (Å²) in [6, 6.07) is 12.4. The number of aliphatic hydroxyl groups is 3. The molecular weight excluding hydrogens is 553 g/mol. The quantitative estimate of drug-likeness (QED) is 0.144. The fourth-order valence-electron chi connectivity index (χ4n) is 5.57. The molecule has 0 saturated carbocycles. The lowest BCUT2D eigenvalue weighted by Gasteiger charge is -2.30. The van der Waals surface area contributed by atoms with Crippen LogP contribution in [-0.4, -0.2) is 73.1 Å². The molecule has 2 aromatic carbocycles. The van der Waals surface area contributed by atoms with Gasteiger partial charge < -0.3 is 24.6 Å². The molecule has 0 aliphatic carbocycles. The second kappa shape index (κ2) is 11.5. The third-order valence-electron chi connectivity index (χ3n) is 7.66. The van der Waals surface area contributed by atoms with Gasteiger partial charge in [-0.3, -0.25) is 9.78 Å². The molecule has 0 amide bonds. The monoisotopic (exact) mass is 584 g/mol. The predicted molar refractivity (Wildman–Crippen MR) is 152 cm³/mol. The lowest BCUT2D eigenvalue weighted by molar-refractivity contribution is -0.396. The van der Waals surface area contributed by atoms with Gasteiger partial charge in [0.15, 0.2) is 6.29 Å². The molecule has 5 rings (SSSR count). The van der Waals surface area contributed by atoms with Crippen molar-refractivity contribution in [2.24, 2.45) is 0 Å². The minimum absolute atomic E-state index is 0.0840. The summed E-state index contributed by atoms with van der Waals surface area (Å²) in [5.41, 5.74) is 4.37. The summed E-state index contributed by atoms with van der Waals surface area (Å²) in [6.07, 6.45) is 1.42. The standard InChI is InChI=1S/C29H31F2N4O5P/c1-4-41(5-2)25-12-10-18(15-32-25)17-9-11-20-21(13-17)35-22(14-23(27(35)33-20)34(3)29(37,38)39)26-19(16-36)7-6-8-24(26)40-28(30)31/h6-13,15-16,22-23,28,37-39H,4-5,14H2,1-3H3. The van der Waals surface area contributed by atoms with E-state index < -0.39 is 24.8 Å². The highest BCUT2D eigenvalue weighted by molar-refractivity contribution is 7.65. The van der Waals surface area contributed by atoms with Crippen LogP contribution in [0, 0.1) is 0 Å². The van der Waals surface area contributed by atoms with Crippen molar-refractivity contribution < 1.29 is 33.6 Å². The van der Waals surface area contributed by atoms with Gasteiger partial charge in [-0.05, 0) is 55.6 Å². The zero-order valence-electron chi connectivity index (χ0n) is 22.8. The number of pyridine rings is 1. The van der Waals surface area contributed by atoms with E-state index in [0.29, 0.717) is 23.1 Å². The molecule has 0 spiro atoms. The van der Waals surface area contributed by atoms with E-state index in [-0.39, 0.29) is 31.2 Å². The maximum atomic E-state index is 13.4. The minimum atomic E-state index is -3.18. The number of ether oxygens (including phenoxy) is 1. The molecule has 0 fully saturated rings. The van der Waals surface area contributed by atoms with Crippen molar-refractivity contribution in [2.45, 2.75) is 45.1 Å². The molecule has 2 atom stereocenters. The first-order chi connectivity index (χ1) is 19.6. The van der Waals surface area contributed by atoms with Gasteiger partial charge in [-0.1, -0.05) is 46.0 Å². The zero-order chi connectivity index (χ0) is 29.5. The summed E-state index contributed by atoms with van der Waals surface area (Å²) in [5, 5.41) is 29.9. The van der Waals surface area contributed by atoms with Crippen molar-refractivity contribution in [1.82, 2.24) is 19.4 Å². The third kappa shape index (κ3) is 5.48. The van der Waals surface area contributed by atoms with Crippen LogP contribution in [0.3, 0.4) is 0 Å². The molecule has 216 valence electrons. The number of benzene rings is 2. The van der Waals surface area contributed by atoms with Gasteiger partial charge >= 0.3 is 12.7 Å². The molecule has 3 heterocycles. The van der Waals surface area contributed by atoms with Gasteiger partial charge in [0, 0.05) is 22.9 Å². The van der Waals surface area contributed by atoms with Gasteiger partial charge in [0.2, 0.25) is 0 Å². The van der Waals surface area contributed by atoms with Crippen LogP contribution in [0.4, 0.5) is 8.78 Å². The van der Waals surface area contributed by atoms with Crippen LogP contribution in [0.5, 0.6) is 5.75 Å². The summed E-state index contributed by atoms with van der Waals surface area (Å²) >= 11 is 0. The van der Waals surface area contributed by atoms with Gasteiger partial charge in [0.1, 0.15) is 11.6 Å². The summed E-state index contributed by atoms with van der Waals surface area (Å²) in [7, 11) is 0.995. The number of aromatic nitrogens is 3. The Morgan fingerprint density at radius 1 is 1.15 bits per heavy atom. The molecule has 9 nitrogen and oxygen atoms in total. The Labute approximate surface area is 236 Å². The molecule has 41 heavy (non-hydrogen) atoms. The number of halogens is 2. The summed E-state index contributed by atoms with van der Waals surface area (Å²) in [6.45, 7) is 1.20. The first kappa shape index (κ1) is 29.2. The average Bonchev–Trinajstić information content (AvgIpc) is 3.50. The van der Waals surface area contributed by atoms with Gasteiger partial charge in [-0.2, -0.15) is 8.78 Å². The average molecular weight is 585 g/mol. The molecule has 2 aromatic heterocycles. The fraction of sp³-hybridized carbons (Fsp3) is 0.345. The van der Waals surface area contributed by atoms with Crippen molar-refractivity contribution in [3.05, 3.63) is 71.7 Å². The number of nitrogens with zero attached hydrogens (tertiary/aromatic N) is 4. The molecule has 2 unspecified atom stereocenters. The maximum absolute atomic E-state index is 13.4. The van der Waals surface area contributed by atoms with E-state index in [1.807, 2.05) is 36.5 Å². The molecule has 0 radical (unpaired) electrons. The largest absolute Gasteiger partial charge is 0.434 e. The number of hydrogen-bond donors (Lipinski definition) is 3. The molecule has 0 bridgehead atoms. The van der Waals surface area contributed by atoms with E-state index in [1.54, 1.807) is 4.57 Å². The SMILES string of the molecule is CCP(CC)c1ccc(-c2ccc3nc4n(c3c2)C(c2c(C=O)cccc2OC(F)F)CC4N(C)C(O)(O)O)cn1. The Bertz CT molecular complexity index is 1550. The molecule has 1 aliphatic heterocycles. The van der Waals surface area contributed by atoms with Crippen LogP contribution in [0.15, 0.2) is 54.7 Å². The number of alkyl halides is 2. The van der Waals surface area contributed by atoms with E-state index in [0.717, 1.165) is 33.8 Å². The van der Waals surface area contributed by atoms with Crippen molar-refractivity contribution in [3.63, 3.8) is 0 Å². The second-order valence-electron chi connectivity index (χ2n) is 9.85. The summed E-state index contributed by atoms with van der Waals surface area (Å²) < 4.78 is 33.4. The van der Waals surface area contributed by atoms with Crippen molar-refractivity contribution in [1.29, 1.82) is 0 Å². The van der Waals surface area contributed by atoms with Crippen LogP contribution >= 0.6 is 7.92 Å². The predicted octanol–water partition coefficient (Wildman–Crippen LogP) is 4.21. The van der Waals surface area contributed by atoms with Gasteiger partial charge in [0.05, 0.1) is 28.6 Å². The van der Waals surface area contributed by atoms with Crippen LogP contribution in [0.25, 0.3) is 22.2 Å². The maximum Gasteiger partial charge on any atom is 0.387 e. The number of rotatable bonds is 10. The Morgan fingerprint density at radius 3 is 2.49 bits per heavy atom. The molecule has 4 aromatic rings. The summed E-state index contributed by atoms with van der Waals surface area (Å²) in [5.74, 6) is 0.188. The van der Waals surface area contributed by atoms with Crippen LogP contribution in [0.1, 0.15) is 54.1 Å². The smallest absolute Gasteiger partial charge is 0.387 e. The lowest BCUT2D eigenvalue weighted by Crippen LogP contribution is -2.47. The van der Waals surface area contributed by atoms with E-state index in [1.165, 1.54) is 25.2 Å². The number of imidazole rings is 1. The van der Waals surface area contributed by atoms with E-state index in [4.69, 9.17) is 14.7 Å². The van der Waals surface area contributed by atoms with E-state index >= 15 is 0 Å². The third-order valence-corrected chi connectivity index (χ3v) is 10.1. The van der Waals surface area contributed by atoms with Gasteiger partial charge in [-0.25, -0.2) is 9.88 Å². The van der Waals surface area contributed by atoms with Crippen LogP contribution in [0.2, 0.25) is 0 Å². The van der Waals surface area contributed by atoms with E-state index in [2.05, 4.69) is 13.8 Å². The first-order valence-corrected chi connectivity index (χ1v) is 14.9. The zero-order valence-corrected chi connectivity index (χ0v) is 23.7. The number of fused-ring (bicyclic) bond motifs is 3. The normalized spacial score (nSPS) is 17.1. The Morgan fingerprint density at radius 2 is 1.88 bits per heavy atom. The number of carbonyl (C=O) groups excluding carboxylic acids is 1. The van der Waals surface area contributed by atoms with E-state index in [9.17, 15) is 28.9 Å². The highest BCUT2D eigenvalue weighted by Gasteiger charge is 2.44. The van der Waals surface area contributed by atoms with Crippen molar-refractivity contribution in [3.8, 4) is 16.9 Å². The molecule has 1 aliphatic rings. The van der Waals surface area contributed by atoms with Crippen LogP contribution in [-0.2, 0) is 0 Å². The Kier molecular flexibility index (Phi) is 8.18. The Hall–Kier alpha value is -3.34. The number of carbonyl (C=O) groups is 1.